The van der Waals surface area contributed by atoms with E-state index < -0.39 is 0 Å². The highest BCUT2D eigenvalue weighted by molar-refractivity contribution is 5.79. The highest BCUT2D eigenvalue weighted by atomic mass is 19.1. The number of aromatic nitrogens is 2. The van der Waals surface area contributed by atoms with Crippen LogP contribution < -0.4 is 5.69 Å². The smallest absolute Gasteiger partial charge is 0.301 e. The molecular weight excluding hydrogens is 451 g/mol. The molecule has 1 atom stereocenters. The molecule has 0 aliphatic carbocycles. The van der Waals surface area contributed by atoms with Gasteiger partial charge < -0.3 is 4.90 Å². The molecule has 1 fully saturated rings. The molecule has 1 unspecified atom stereocenters. The predicted molar refractivity (Wildman–Crippen MR) is 145 cm³/mol. The Bertz CT molecular complexity index is 1400. The second kappa shape index (κ2) is 10.6. The van der Waals surface area contributed by atoms with E-state index in [-0.39, 0.29) is 17.5 Å². The summed E-state index contributed by atoms with van der Waals surface area (Å²) in [6.07, 6.45) is 0.888. The molecule has 3 aromatic carbocycles. The lowest BCUT2D eigenvalue weighted by Gasteiger charge is -2.40. The van der Waals surface area contributed by atoms with Crippen molar-refractivity contribution in [2.45, 2.75) is 25.9 Å². The van der Waals surface area contributed by atoms with E-state index >= 15 is 0 Å². The minimum absolute atomic E-state index is 0.0240. The van der Waals surface area contributed by atoms with Crippen LogP contribution in [-0.2, 0) is 6.54 Å². The largest absolute Gasteiger partial charge is 0.333 e. The summed E-state index contributed by atoms with van der Waals surface area (Å²) in [5.41, 5.74) is 4.40. The molecule has 0 N–H and O–H groups in total. The summed E-state index contributed by atoms with van der Waals surface area (Å²) in [7, 11) is 0. The number of aryl methyl sites for hydroxylation is 1. The lowest BCUT2D eigenvalue weighted by Crippen LogP contribution is -2.48. The van der Waals surface area contributed by atoms with Crippen LogP contribution in [0.1, 0.15) is 30.5 Å². The standard InChI is InChI=1S/C30H33FN4O/c1-23(2)35-28-16-9-8-15-27(28)34(30(35)36)18-10-17-32-19-21-33(22-20-32)29(24-11-4-3-5-12-24)25-13-6-7-14-26(25)31/h3-9,11-16,29H,1,10,17-22H2,2H3. The number of allylic oxidation sites excluding steroid dienone is 1. The molecule has 4 aromatic rings. The summed E-state index contributed by atoms with van der Waals surface area (Å²) < 4.78 is 18.4. The van der Waals surface area contributed by atoms with Gasteiger partial charge in [0.15, 0.2) is 0 Å². The van der Waals surface area contributed by atoms with Crippen molar-refractivity contribution in [3.05, 3.63) is 113 Å². The molecule has 5 rings (SSSR count). The molecule has 1 aromatic heterocycles. The zero-order valence-electron chi connectivity index (χ0n) is 20.8. The average molecular weight is 485 g/mol. The monoisotopic (exact) mass is 484 g/mol. The molecule has 6 heteroatoms. The van der Waals surface area contributed by atoms with Crippen LogP contribution in [0.2, 0.25) is 0 Å². The third-order valence-electron chi connectivity index (χ3n) is 7.16. The van der Waals surface area contributed by atoms with Crippen LogP contribution in [0.5, 0.6) is 0 Å². The summed E-state index contributed by atoms with van der Waals surface area (Å²) in [5.74, 6) is -0.159. The topological polar surface area (TPSA) is 33.4 Å². The molecule has 186 valence electrons. The Morgan fingerprint density at radius 2 is 1.50 bits per heavy atom. The fraction of sp³-hybridized carbons (Fsp3) is 0.300. The Balaban J connectivity index is 1.25. The van der Waals surface area contributed by atoms with Crippen molar-refractivity contribution in [3.63, 3.8) is 0 Å². The Hall–Kier alpha value is -3.48. The lowest BCUT2D eigenvalue weighted by molar-refractivity contribution is 0.106. The lowest BCUT2D eigenvalue weighted by atomic mass is 9.96. The Morgan fingerprint density at radius 3 is 2.19 bits per heavy atom. The van der Waals surface area contributed by atoms with Crippen molar-refractivity contribution in [2.75, 3.05) is 32.7 Å². The van der Waals surface area contributed by atoms with Gasteiger partial charge in [0.25, 0.3) is 0 Å². The molecule has 1 saturated heterocycles. The number of benzene rings is 3. The van der Waals surface area contributed by atoms with E-state index in [1.54, 1.807) is 16.7 Å². The van der Waals surface area contributed by atoms with E-state index in [1.165, 1.54) is 0 Å². The van der Waals surface area contributed by atoms with Crippen molar-refractivity contribution in [2.24, 2.45) is 0 Å². The third kappa shape index (κ3) is 4.79. The summed E-state index contributed by atoms with van der Waals surface area (Å²) in [6, 6.07) is 25.1. The minimum Gasteiger partial charge on any atom is -0.301 e. The number of piperazine rings is 1. The van der Waals surface area contributed by atoms with Gasteiger partial charge in [-0.25, -0.2) is 9.18 Å². The van der Waals surface area contributed by atoms with E-state index in [2.05, 4.69) is 28.5 Å². The van der Waals surface area contributed by atoms with E-state index in [0.29, 0.717) is 6.54 Å². The fourth-order valence-electron chi connectivity index (χ4n) is 5.41. The number of halogens is 1. The van der Waals surface area contributed by atoms with Gasteiger partial charge in [-0.2, -0.15) is 0 Å². The number of nitrogens with zero attached hydrogens (tertiary/aromatic N) is 4. The molecular formula is C30H33FN4O. The summed E-state index contributed by atoms with van der Waals surface area (Å²) in [5, 5.41) is 0. The number of imidazole rings is 1. The van der Waals surface area contributed by atoms with E-state index in [1.807, 2.05) is 66.1 Å². The van der Waals surface area contributed by atoms with Crippen LogP contribution >= 0.6 is 0 Å². The van der Waals surface area contributed by atoms with Crippen LogP contribution in [0.4, 0.5) is 4.39 Å². The van der Waals surface area contributed by atoms with Gasteiger partial charge in [0, 0.05) is 44.0 Å². The summed E-state index contributed by atoms with van der Waals surface area (Å²) in [6.45, 7) is 11.0. The molecule has 36 heavy (non-hydrogen) atoms. The Kier molecular flexibility index (Phi) is 7.16. The van der Waals surface area contributed by atoms with Crippen molar-refractivity contribution < 1.29 is 4.39 Å². The molecule has 1 aliphatic rings. The molecule has 5 nitrogen and oxygen atoms in total. The zero-order valence-corrected chi connectivity index (χ0v) is 20.8. The second-order valence-corrected chi connectivity index (χ2v) is 9.56. The van der Waals surface area contributed by atoms with Crippen LogP contribution in [0.3, 0.4) is 0 Å². The van der Waals surface area contributed by atoms with Crippen LogP contribution in [0, 0.1) is 5.82 Å². The first-order chi connectivity index (χ1) is 17.5. The number of fused-ring (bicyclic) bond motifs is 1. The van der Waals surface area contributed by atoms with Crippen LogP contribution in [0.25, 0.3) is 16.7 Å². The first-order valence-corrected chi connectivity index (χ1v) is 12.7. The highest BCUT2D eigenvalue weighted by Crippen LogP contribution is 2.31. The number of hydrogen-bond acceptors (Lipinski definition) is 3. The molecule has 2 heterocycles. The van der Waals surface area contributed by atoms with Crippen LogP contribution in [0.15, 0.2) is 90.2 Å². The maximum atomic E-state index is 14.8. The normalized spacial score (nSPS) is 15.8. The van der Waals surface area contributed by atoms with Gasteiger partial charge in [0.2, 0.25) is 0 Å². The Morgan fingerprint density at radius 1 is 0.861 bits per heavy atom. The van der Waals surface area contributed by atoms with Gasteiger partial charge in [-0.05, 0) is 43.7 Å². The van der Waals surface area contributed by atoms with Crippen molar-refractivity contribution in [3.8, 4) is 0 Å². The number of para-hydroxylation sites is 2. The maximum absolute atomic E-state index is 14.8. The predicted octanol–water partition coefficient (Wildman–Crippen LogP) is 5.23. The van der Waals surface area contributed by atoms with Gasteiger partial charge in [0.05, 0.1) is 17.1 Å². The zero-order chi connectivity index (χ0) is 25.1. The molecule has 0 saturated carbocycles. The van der Waals surface area contributed by atoms with Gasteiger partial charge in [-0.15, -0.1) is 0 Å². The first-order valence-electron chi connectivity index (χ1n) is 12.7. The summed E-state index contributed by atoms with van der Waals surface area (Å²) >= 11 is 0. The second-order valence-electron chi connectivity index (χ2n) is 9.56. The van der Waals surface area contributed by atoms with Gasteiger partial charge in [0.1, 0.15) is 5.82 Å². The Labute approximate surface area is 211 Å². The molecule has 1 aliphatic heterocycles. The first kappa shape index (κ1) is 24.2. The van der Waals surface area contributed by atoms with E-state index in [0.717, 1.165) is 67.0 Å². The van der Waals surface area contributed by atoms with Gasteiger partial charge in [-0.3, -0.25) is 14.0 Å². The van der Waals surface area contributed by atoms with Crippen LogP contribution in [-0.4, -0.2) is 51.7 Å². The number of rotatable bonds is 8. The average Bonchev–Trinajstić information content (AvgIpc) is 3.18. The molecule has 0 spiro atoms. The SMILES string of the molecule is C=C(C)n1c(=O)n(CCCN2CCN(C(c3ccccc3)c3ccccc3F)CC2)c2ccccc21. The van der Waals surface area contributed by atoms with Gasteiger partial charge >= 0.3 is 5.69 Å². The summed E-state index contributed by atoms with van der Waals surface area (Å²) in [4.78, 5) is 17.9. The molecule has 0 amide bonds. The van der Waals surface area contributed by atoms with Crippen molar-refractivity contribution in [1.29, 1.82) is 0 Å². The molecule has 0 bridgehead atoms. The quantitative estimate of drug-likeness (QED) is 0.343. The van der Waals surface area contributed by atoms with Crippen molar-refractivity contribution >= 4 is 16.7 Å². The van der Waals surface area contributed by atoms with Crippen molar-refractivity contribution in [1.82, 2.24) is 18.9 Å². The highest BCUT2D eigenvalue weighted by Gasteiger charge is 2.28. The third-order valence-corrected chi connectivity index (χ3v) is 7.16. The fourth-order valence-corrected chi connectivity index (χ4v) is 5.41. The van der Waals surface area contributed by atoms with E-state index in [4.69, 9.17) is 0 Å². The minimum atomic E-state index is -0.159. The number of hydrogen-bond donors (Lipinski definition) is 0. The maximum Gasteiger partial charge on any atom is 0.333 e. The molecule has 0 radical (unpaired) electrons. The van der Waals surface area contributed by atoms with Gasteiger partial charge in [-0.1, -0.05) is 67.2 Å². The van der Waals surface area contributed by atoms with E-state index in [9.17, 15) is 9.18 Å².